The molecule has 0 heterocycles. The van der Waals surface area contributed by atoms with Gasteiger partial charge in [0.15, 0.2) is 0 Å². The minimum absolute atomic E-state index is 0.0599. The predicted octanol–water partition coefficient (Wildman–Crippen LogP) is 3.86. The lowest BCUT2D eigenvalue weighted by Crippen LogP contribution is -2.08. The molecule has 2 aromatic rings. The van der Waals surface area contributed by atoms with Crippen molar-refractivity contribution in [2.45, 2.75) is 6.18 Å². The predicted molar refractivity (Wildman–Crippen MR) is 70.8 cm³/mol. The van der Waals surface area contributed by atoms with E-state index in [9.17, 15) is 18.3 Å². The number of phenols is 1. The van der Waals surface area contributed by atoms with Crippen molar-refractivity contribution < 1.29 is 18.3 Å². The summed E-state index contributed by atoms with van der Waals surface area (Å²) in [5, 5.41) is 13.0. The van der Waals surface area contributed by atoms with Gasteiger partial charge in [0.05, 0.1) is 17.5 Å². The van der Waals surface area contributed by atoms with Gasteiger partial charge in [0.2, 0.25) is 0 Å². The Kier molecular flexibility index (Phi) is 3.93. The summed E-state index contributed by atoms with van der Waals surface area (Å²) in [4.78, 5) is 0. The van der Waals surface area contributed by atoms with E-state index in [2.05, 4.69) is 10.5 Å². The standard InChI is InChI=1S/C14H11F3N2O/c15-14(16,17)12-6-1-2-7-13(12)19-18-9-10-4-3-5-11(20)8-10/h1-9,19-20H. The highest BCUT2D eigenvalue weighted by molar-refractivity contribution is 5.80. The van der Waals surface area contributed by atoms with Crippen LogP contribution < -0.4 is 5.43 Å². The van der Waals surface area contributed by atoms with Gasteiger partial charge in [-0.15, -0.1) is 0 Å². The second-order valence-electron chi connectivity index (χ2n) is 4.01. The molecule has 0 atom stereocenters. The van der Waals surface area contributed by atoms with E-state index < -0.39 is 11.7 Å². The summed E-state index contributed by atoms with van der Waals surface area (Å²) in [6.45, 7) is 0. The topological polar surface area (TPSA) is 44.6 Å². The maximum atomic E-state index is 12.7. The lowest BCUT2D eigenvalue weighted by Gasteiger charge is -2.11. The van der Waals surface area contributed by atoms with Gasteiger partial charge < -0.3 is 5.11 Å². The first-order chi connectivity index (χ1) is 9.47. The quantitative estimate of drug-likeness (QED) is 0.662. The Morgan fingerprint density at radius 3 is 2.50 bits per heavy atom. The van der Waals surface area contributed by atoms with Crippen molar-refractivity contribution >= 4 is 11.9 Å². The van der Waals surface area contributed by atoms with Crippen molar-refractivity contribution in [3.63, 3.8) is 0 Å². The molecule has 0 bridgehead atoms. The van der Waals surface area contributed by atoms with E-state index in [0.717, 1.165) is 6.07 Å². The van der Waals surface area contributed by atoms with Crippen LogP contribution in [-0.2, 0) is 6.18 Å². The number of phenolic OH excluding ortho intramolecular Hbond substituents is 1. The number of nitrogens with zero attached hydrogens (tertiary/aromatic N) is 1. The molecule has 20 heavy (non-hydrogen) atoms. The van der Waals surface area contributed by atoms with Crippen molar-refractivity contribution in [2.75, 3.05) is 5.43 Å². The van der Waals surface area contributed by atoms with Gasteiger partial charge in [-0.1, -0.05) is 24.3 Å². The molecular weight excluding hydrogens is 269 g/mol. The Morgan fingerprint density at radius 2 is 1.80 bits per heavy atom. The molecule has 0 unspecified atom stereocenters. The van der Waals surface area contributed by atoms with Crippen LogP contribution >= 0.6 is 0 Å². The zero-order valence-electron chi connectivity index (χ0n) is 10.2. The highest BCUT2D eigenvalue weighted by Crippen LogP contribution is 2.34. The van der Waals surface area contributed by atoms with Crippen LogP contribution in [0.2, 0.25) is 0 Å². The first-order valence-electron chi connectivity index (χ1n) is 5.71. The van der Waals surface area contributed by atoms with Gasteiger partial charge in [0, 0.05) is 0 Å². The molecule has 0 aromatic heterocycles. The van der Waals surface area contributed by atoms with Gasteiger partial charge in [0.25, 0.3) is 0 Å². The van der Waals surface area contributed by atoms with E-state index in [4.69, 9.17) is 0 Å². The molecule has 0 saturated heterocycles. The van der Waals surface area contributed by atoms with Crippen LogP contribution in [0.1, 0.15) is 11.1 Å². The summed E-state index contributed by atoms with van der Waals surface area (Å²) in [5.74, 6) is 0.0599. The Bertz CT molecular complexity index is 624. The van der Waals surface area contributed by atoms with Crippen molar-refractivity contribution in [1.82, 2.24) is 0 Å². The van der Waals surface area contributed by atoms with Crippen LogP contribution in [0.4, 0.5) is 18.9 Å². The molecular formula is C14H11F3N2O. The molecule has 0 spiro atoms. The lowest BCUT2D eigenvalue weighted by atomic mass is 10.2. The number of benzene rings is 2. The van der Waals surface area contributed by atoms with Crippen LogP contribution in [-0.4, -0.2) is 11.3 Å². The molecule has 0 aliphatic carbocycles. The first-order valence-corrected chi connectivity index (χ1v) is 5.71. The Hall–Kier alpha value is -2.50. The van der Waals surface area contributed by atoms with Crippen LogP contribution in [0, 0.1) is 0 Å². The van der Waals surface area contributed by atoms with Crippen molar-refractivity contribution in [3.05, 3.63) is 59.7 Å². The summed E-state index contributed by atoms with van der Waals surface area (Å²) >= 11 is 0. The van der Waals surface area contributed by atoms with E-state index in [-0.39, 0.29) is 11.4 Å². The molecule has 0 saturated carbocycles. The Balaban J connectivity index is 2.16. The monoisotopic (exact) mass is 280 g/mol. The fourth-order valence-corrected chi connectivity index (χ4v) is 1.61. The maximum absolute atomic E-state index is 12.7. The third kappa shape index (κ3) is 3.50. The number of anilines is 1. The fraction of sp³-hybridized carbons (Fsp3) is 0.0714. The van der Waals surface area contributed by atoms with Crippen molar-refractivity contribution in [1.29, 1.82) is 0 Å². The summed E-state index contributed by atoms with van der Waals surface area (Å²) in [6, 6.07) is 11.3. The van der Waals surface area contributed by atoms with Crippen LogP contribution in [0.15, 0.2) is 53.6 Å². The molecule has 2 rings (SSSR count). The third-order valence-electron chi connectivity index (χ3n) is 2.50. The van der Waals surface area contributed by atoms with Crippen molar-refractivity contribution in [2.24, 2.45) is 5.10 Å². The third-order valence-corrected chi connectivity index (χ3v) is 2.50. The average Bonchev–Trinajstić information content (AvgIpc) is 2.38. The molecule has 2 N–H and O–H groups in total. The fourth-order valence-electron chi connectivity index (χ4n) is 1.61. The highest BCUT2D eigenvalue weighted by Gasteiger charge is 2.33. The first kappa shape index (κ1) is 13.9. The van der Waals surface area contributed by atoms with E-state index >= 15 is 0 Å². The van der Waals surface area contributed by atoms with E-state index in [1.165, 1.54) is 36.5 Å². The number of hydrazone groups is 1. The van der Waals surface area contributed by atoms with Crippen LogP contribution in [0.25, 0.3) is 0 Å². The molecule has 3 nitrogen and oxygen atoms in total. The molecule has 0 radical (unpaired) electrons. The minimum atomic E-state index is -4.44. The van der Waals surface area contributed by atoms with Gasteiger partial charge in [-0.25, -0.2) is 0 Å². The van der Waals surface area contributed by atoms with E-state index in [1.807, 2.05) is 0 Å². The summed E-state index contributed by atoms with van der Waals surface area (Å²) < 4.78 is 38.2. The van der Waals surface area contributed by atoms with Gasteiger partial charge >= 0.3 is 6.18 Å². The van der Waals surface area contributed by atoms with Gasteiger partial charge in [-0.05, 0) is 29.8 Å². The van der Waals surface area contributed by atoms with Crippen LogP contribution in [0.5, 0.6) is 5.75 Å². The maximum Gasteiger partial charge on any atom is 0.418 e. The number of rotatable bonds is 3. The summed E-state index contributed by atoms with van der Waals surface area (Å²) in [5.41, 5.74) is 2.01. The van der Waals surface area contributed by atoms with Gasteiger partial charge in [-0.2, -0.15) is 18.3 Å². The molecule has 6 heteroatoms. The zero-order valence-corrected chi connectivity index (χ0v) is 10.2. The number of halogens is 3. The molecule has 0 aliphatic rings. The Morgan fingerprint density at radius 1 is 1.05 bits per heavy atom. The van der Waals surface area contributed by atoms with Crippen LogP contribution in [0.3, 0.4) is 0 Å². The largest absolute Gasteiger partial charge is 0.508 e. The molecule has 0 fully saturated rings. The normalized spacial score (nSPS) is 11.8. The second kappa shape index (κ2) is 5.64. The zero-order chi connectivity index (χ0) is 14.6. The molecule has 104 valence electrons. The smallest absolute Gasteiger partial charge is 0.418 e. The number of hydrogen-bond acceptors (Lipinski definition) is 3. The van der Waals surface area contributed by atoms with E-state index in [1.54, 1.807) is 12.1 Å². The van der Waals surface area contributed by atoms with Crippen molar-refractivity contribution in [3.8, 4) is 5.75 Å². The average molecular weight is 280 g/mol. The summed E-state index contributed by atoms with van der Waals surface area (Å²) in [6.07, 6.45) is -3.11. The SMILES string of the molecule is Oc1cccc(C=NNc2ccccc2C(F)(F)F)c1. The number of alkyl halides is 3. The van der Waals surface area contributed by atoms with Gasteiger partial charge in [-0.3, -0.25) is 5.43 Å². The number of aromatic hydroxyl groups is 1. The molecule has 0 amide bonds. The highest BCUT2D eigenvalue weighted by atomic mass is 19.4. The van der Waals surface area contributed by atoms with Gasteiger partial charge in [0.1, 0.15) is 5.75 Å². The minimum Gasteiger partial charge on any atom is -0.508 e. The molecule has 2 aromatic carbocycles. The number of nitrogens with one attached hydrogen (secondary N) is 1. The summed E-state index contributed by atoms with van der Waals surface area (Å²) in [7, 11) is 0. The number of para-hydroxylation sites is 1. The Labute approximate surface area is 113 Å². The number of hydrogen-bond donors (Lipinski definition) is 2. The molecule has 0 aliphatic heterocycles. The van der Waals surface area contributed by atoms with E-state index in [0.29, 0.717) is 5.56 Å². The second-order valence-corrected chi connectivity index (χ2v) is 4.01. The lowest BCUT2D eigenvalue weighted by molar-refractivity contribution is -0.136.